The number of aliphatic hydroxyl groups is 4. The van der Waals surface area contributed by atoms with Gasteiger partial charge in [0.25, 0.3) is 0 Å². The molecule has 0 unspecified atom stereocenters. The number of rotatable bonds is 7. The number of fused-ring (bicyclic) bond motifs is 1. The predicted octanol–water partition coefficient (Wildman–Crippen LogP) is -0.125. The van der Waals surface area contributed by atoms with E-state index >= 15 is 0 Å². The number of esters is 1. The number of ether oxygens (including phenoxy) is 4. The van der Waals surface area contributed by atoms with Crippen molar-refractivity contribution in [1.82, 2.24) is 0 Å². The molecule has 0 spiro atoms. The number of phenolic OH excluding ortho intramolecular Hbond substituents is 1. The molecular formula is C25H30O12. The van der Waals surface area contributed by atoms with Crippen molar-refractivity contribution < 1.29 is 59.2 Å². The highest BCUT2D eigenvalue weighted by molar-refractivity contribution is 5.87. The van der Waals surface area contributed by atoms with Crippen LogP contribution in [0.5, 0.6) is 5.75 Å². The molecule has 1 saturated heterocycles. The van der Waals surface area contributed by atoms with Crippen molar-refractivity contribution in [3.05, 3.63) is 47.7 Å². The zero-order valence-electron chi connectivity index (χ0n) is 19.9. The lowest BCUT2D eigenvalue weighted by molar-refractivity contribution is -0.346. The van der Waals surface area contributed by atoms with Crippen LogP contribution in [0.3, 0.4) is 0 Å². The largest absolute Gasteiger partial charge is 0.508 e. The highest BCUT2D eigenvalue weighted by Gasteiger charge is 2.56. The molecule has 3 aliphatic rings. The van der Waals surface area contributed by atoms with Crippen molar-refractivity contribution in [3.63, 3.8) is 0 Å². The number of hydrogen-bond acceptors (Lipinski definition) is 11. The topological polar surface area (TPSA) is 192 Å². The fourth-order valence-corrected chi connectivity index (χ4v) is 5.04. The number of aliphatic hydroxyl groups excluding tert-OH is 3. The molecule has 0 aromatic heterocycles. The van der Waals surface area contributed by atoms with E-state index in [-0.39, 0.29) is 17.7 Å². The van der Waals surface area contributed by atoms with Gasteiger partial charge in [-0.15, -0.1) is 0 Å². The first-order chi connectivity index (χ1) is 17.5. The fraction of sp³-hybridized carbons (Fsp3) is 0.520. The molecule has 202 valence electrons. The fourth-order valence-electron chi connectivity index (χ4n) is 5.04. The highest BCUT2D eigenvalue weighted by atomic mass is 16.8. The van der Waals surface area contributed by atoms with Crippen LogP contribution in [-0.4, -0.2) is 91.8 Å². The van der Waals surface area contributed by atoms with Gasteiger partial charge in [0.1, 0.15) is 24.1 Å². The molecule has 0 radical (unpaired) electrons. The molecular weight excluding hydrogens is 492 g/mol. The molecule has 12 heteroatoms. The molecule has 2 fully saturated rings. The maximum absolute atomic E-state index is 12.5. The Hall–Kier alpha value is -3.00. The summed E-state index contributed by atoms with van der Waals surface area (Å²) in [6.45, 7) is 0.850. The van der Waals surface area contributed by atoms with Crippen molar-refractivity contribution in [2.75, 3.05) is 6.61 Å². The maximum atomic E-state index is 12.5. The zero-order chi connectivity index (χ0) is 26.9. The Bertz CT molecular complexity index is 1050. The van der Waals surface area contributed by atoms with Crippen molar-refractivity contribution in [3.8, 4) is 5.75 Å². The van der Waals surface area contributed by atoms with E-state index in [0.29, 0.717) is 12.0 Å². The zero-order valence-corrected chi connectivity index (χ0v) is 19.9. The van der Waals surface area contributed by atoms with Crippen LogP contribution < -0.4 is 0 Å². The third kappa shape index (κ3) is 5.64. The van der Waals surface area contributed by atoms with Crippen molar-refractivity contribution in [2.45, 2.75) is 62.4 Å². The van der Waals surface area contributed by atoms with Gasteiger partial charge in [-0.05, 0) is 43.5 Å². The van der Waals surface area contributed by atoms with E-state index in [2.05, 4.69) is 0 Å². The van der Waals surface area contributed by atoms with E-state index in [9.17, 15) is 40.2 Å². The average molecular weight is 523 g/mol. The van der Waals surface area contributed by atoms with Gasteiger partial charge in [-0.2, -0.15) is 0 Å². The Morgan fingerprint density at radius 3 is 2.51 bits per heavy atom. The maximum Gasteiger partial charge on any atom is 0.334 e. The van der Waals surface area contributed by atoms with Crippen molar-refractivity contribution >= 4 is 18.0 Å². The Morgan fingerprint density at radius 1 is 1.16 bits per heavy atom. The lowest BCUT2D eigenvalue weighted by Crippen LogP contribution is -2.61. The summed E-state index contributed by atoms with van der Waals surface area (Å²) in [5.41, 5.74) is -0.792. The van der Waals surface area contributed by atoms with Crippen LogP contribution in [0.1, 0.15) is 25.3 Å². The minimum Gasteiger partial charge on any atom is -0.508 e. The minimum atomic E-state index is -1.71. The highest BCUT2D eigenvalue weighted by Crippen LogP contribution is 2.49. The number of carboxylic acid groups (broad SMARTS) is 1. The third-order valence-corrected chi connectivity index (χ3v) is 7.03. The van der Waals surface area contributed by atoms with Gasteiger partial charge in [0.15, 0.2) is 6.10 Å². The predicted molar refractivity (Wildman–Crippen MR) is 123 cm³/mol. The summed E-state index contributed by atoms with van der Waals surface area (Å²) in [4.78, 5) is 24.2. The van der Waals surface area contributed by atoms with E-state index in [1.165, 1.54) is 25.1 Å². The smallest absolute Gasteiger partial charge is 0.334 e. The van der Waals surface area contributed by atoms with Crippen LogP contribution in [0, 0.1) is 11.8 Å². The van der Waals surface area contributed by atoms with E-state index < -0.39 is 73.0 Å². The van der Waals surface area contributed by atoms with Crippen LogP contribution in [0.15, 0.2) is 42.2 Å². The van der Waals surface area contributed by atoms with Crippen molar-refractivity contribution in [2.24, 2.45) is 11.8 Å². The summed E-state index contributed by atoms with van der Waals surface area (Å²) in [6.07, 6.45) is -4.80. The first kappa shape index (κ1) is 27.0. The van der Waals surface area contributed by atoms with Gasteiger partial charge in [0.05, 0.1) is 30.0 Å². The van der Waals surface area contributed by atoms with Crippen molar-refractivity contribution in [1.29, 1.82) is 0 Å². The van der Waals surface area contributed by atoms with Gasteiger partial charge in [-0.1, -0.05) is 12.1 Å². The summed E-state index contributed by atoms with van der Waals surface area (Å²) in [7, 11) is 0. The summed E-state index contributed by atoms with van der Waals surface area (Å²) >= 11 is 0. The number of hydrogen-bond donors (Lipinski definition) is 6. The number of carbonyl (C=O) groups is 2. The Kier molecular flexibility index (Phi) is 7.88. The molecule has 9 atom stereocenters. The van der Waals surface area contributed by atoms with Gasteiger partial charge in [-0.25, -0.2) is 9.59 Å². The quantitative estimate of drug-likeness (QED) is 0.206. The monoisotopic (exact) mass is 522 g/mol. The number of benzene rings is 1. The van der Waals surface area contributed by atoms with Gasteiger partial charge in [0.2, 0.25) is 12.6 Å². The van der Waals surface area contributed by atoms with Gasteiger partial charge in [-0.3, -0.25) is 0 Å². The van der Waals surface area contributed by atoms with E-state index in [4.69, 9.17) is 18.9 Å². The summed E-state index contributed by atoms with van der Waals surface area (Å²) in [5, 5.41) is 60.4. The van der Waals surface area contributed by atoms with Gasteiger partial charge < -0.3 is 49.6 Å². The van der Waals surface area contributed by atoms with Gasteiger partial charge in [0, 0.05) is 12.0 Å². The normalized spacial score (nSPS) is 37.5. The molecule has 1 saturated carbocycles. The summed E-state index contributed by atoms with van der Waals surface area (Å²) < 4.78 is 22.3. The Labute approximate surface area is 212 Å². The molecule has 2 aliphatic heterocycles. The second kappa shape index (κ2) is 10.8. The Balaban J connectivity index is 1.55. The van der Waals surface area contributed by atoms with Gasteiger partial charge >= 0.3 is 11.9 Å². The molecule has 37 heavy (non-hydrogen) atoms. The number of carboxylic acids is 1. The molecule has 1 aromatic carbocycles. The first-order valence-corrected chi connectivity index (χ1v) is 11.8. The van der Waals surface area contributed by atoms with Crippen LogP contribution >= 0.6 is 0 Å². The number of aliphatic carboxylic acids is 1. The number of phenols is 1. The minimum absolute atomic E-state index is 0.0155. The van der Waals surface area contributed by atoms with Crippen LogP contribution in [-0.2, 0) is 28.5 Å². The first-order valence-electron chi connectivity index (χ1n) is 11.8. The van der Waals surface area contributed by atoms with Crippen LogP contribution in [0.2, 0.25) is 0 Å². The van der Waals surface area contributed by atoms with Crippen LogP contribution in [0.25, 0.3) is 6.08 Å². The molecule has 6 N–H and O–H groups in total. The molecule has 1 aliphatic carbocycles. The molecule has 4 rings (SSSR count). The van der Waals surface area contributed by atoms with E-state index in [1.54, 1.807) is 12.1 Å². The second-order valence-electron chi connectivity index (χ2n) is 9.58. The molecule has 2 heterocycles. The SMILES string of the molecule is C[C@]1(O)CC[C@@H]2C(C(=O)O)=CO[C@@H](O[C@@H]3O[C@H](CO)[C@@H](O)[C@H](O)[C@H]3OC(=O)C=Cc3ccc(O)cc3)[C@@H]21. The second-order valence-corrected chi connectivity index (χ2v) is 9.58. The standard InChI is InChI=1S/C25H30O12/c1-25(33)9-8-14-15(22(31)32)11-34-23(18(14)25)37-24-21(20(30)19(29)16(10-26)35-24)36-17(28)7-4-12-2-5-13(27)6-3-12/h2-7,11,14,16,18-21,23-24,26-27,29-30,33H,8-10H2,1H3,(H,31,32)/t14-,16-,18-,19-,20+,21-,23+,24+,25+/m1/s1. The lowest BCUT2D eigenvalue weighted by Gasteiger charge is -2.44. The third-order valence-electron chi connectivity index (χ3n) is 7.03. The van der Waals surface area contributed by atoms with E-state index in [1.807, 2.05) is 0 Å². The summed E-state index contributed by atoms with van der Waals surface area (Å²) in [6, 6.07) is 5.97. The molecule has 0 amide bonds. The molecule has 1 aromatic rings. The van der Waals surface area contributed by atoms with E-state index in [0.717, 1.165) is 12.3 Å². The lowest BCUT2D eigenvalue weighted by atomic mass is 9.81. The molecule has 0 bridgehead atoms. The molecule has 12 nitrogen and oxygen atoms in total. The van der Waals surface area contributed by atoms with Crippen LogP contribution in [0.4, 0.5) is 0 Å². The summed E-state index contributed by atoms with van der Waals surface area (Å²) in [5.74, 6) is -3.46. The Morgan fingerprint density at radius 2 is 1.86 bits per heavy atom. The number of carbonyl (C=O) groups excluding carboxylic acids is 1. The average Bonchev–Trinajstić information content (AvgIpc) is 3.18. The number of aromatic hydroxyl groups is 1.